The quantitative estimate of drug-likeness (QED) is 0.644. The molecule has 2 aromatic carbocycles. The van der Waals surface area contributed by atoms with Gasteiger partial charge in [0.1, 0.15) is 5.82 Å². The molecule has 0 aliphatic rings. The number of hydrogen-bond donors (Lipinski definition) is 1. The molecule has 0 aliphatic carbocycles. The standard InChI is InChI=1S/C17H15BrFNS/c1-2-20-16(13-7-6-12(18)10-15(13)19)14-5-3-4-11-8-9-21-17(11)14/h3-10,16,20H,2H2,1H3. The SMILES string of the molecule is CCNC(c1ccc(Br)cc1F)c1cccc2ccsc12. The van der Waals surface area contributed by atoms with E-state index in [1.807, 2.05) is 25.1 Å². The fourth-order valence-electron chi connectivity index (χ4n) is 2.57. The van der Waals surface area contributed by atoms with Gasteiger partial charge in [0, 0.05) is 14.7 Å². The van der Waals surface area contributed by atoms with Crippen molar-refractivity contribution in [2.45, 2.75) is 13.0 Å². The molecule has 3 rings (SSSR count). The van der Waals surface area contributed by atoms with Gasteiger partial charge in [-0.05, 0) is 41.1 Å². The van der Waals surface area contributed by atoms with Crippen molar-refractivity contribution < 1.29 is 4.39 Å². The van der Waals surface area contributed by atoms with Crippen LogP contribution in [0.1, 0.15) is 24.1 Å². The summed E-state index contributed by atoms with van der Waals surface area (Å²) in [6.07, 6.45) is 0. The zero-order valence-corrected chi connectivity index (χ0v) is 14.0. The van der Waals surface area contributed by atoms with Gasteiger partial charge in [-0.1, -0.05) is 47.1 Å². The minimum atomic E-state index is -0.191. The first-order chi connectivity index (χ1) is 10.2. The Kier molecular flexibility index (Phi) is 4.38. The van der Waals surface area contributed by atoms with Gasteiger partial charge in [0.25, 0.3) is 0 Å². The lowest BCUT2D eigenvalue weighted by molar-refractivity contribution is 0.560. The van der Waals surface area contributed by atoms with E-state index in [4.69, 9.17) is 0 Å². The molecule has 1 N–H and O–H groups in total. The highest BCUT2D eigenvalue weighted by molar-refractivity contribution is 9.10. The number of benzene rings is 2. The van der Waals surface area contributed by atoms with Crippen molar-refractivity contribution in [1.29, 1.82) is 0 Å². The van der Waals surface area contributed by atoms with Crippen LogP contribution >= 0.6 is 27.3 Å². The maximum absolute atomic E-state index is 14.4. The van der Waals surface area contributed by atoms with E-state index >= 15 is 0 Å². The van der Waals surface area contributed by atoms with Crippen LogP contribution in [-0.2, 0) is 0 Å². The van der Waals surface area contributed by atoms with Crippen LogP contribution in [0.2, 0.25) is 0 Å². The topological polar surface area (TPSA) is 12.0 Å². The molecule has 0 saturated carbocycles. The lowest BCUT2D eigenvalue weighted by atomic mass is 9.97. The van der Waals surface area contributed by atoms with E-state index in [0.717, 1.165) is 16.6 Å². The minimum absolute atomic E-state index is 0.134. The van der Waals surface area contributed by atoms with Gasteiger partial charge in [-0.2, -0.15) is 0 Å². The Morgan fingerprint density at radius 1 is 1.19 bits per heavy atom. The van der Waals surface area contributed by atoms with Crippen LogP contribution < -0.4 is 5.32 Å². The summed E-state index contributed by atoms with van der Waals surface area (Å²) in [6, 6.07) is 13.4. The van der Waals surface area contributed by atoms with Crippen molar-refractivity contribution in [3.63, 3.8) is 0 Å². The normalized spacial score (nSPS) is 12.7. The Balaban J connectivity index is 2.15. The zero-order valence-electron chi connectivity index (χ0n) is 11.6. The Morgan fingerprint density at radius 2 is 2.05 bits per heavy atom. The Bertz CT molecular complexity index is 768. The van der Waals surface area contributed by atoms with Crippen LogP contribution in [0.3, 0.4) is 0 Å². The summed E-state index contributed by atoms with van der Waals surface area (Å²) >= 11 is 5.02. The van der Waals surface area contributed by atoms with Crippen LogP contribution in [0.15, 0.2) is 52.3 Å². The molecule has 0 spiro atoms. The molecule has 0 aliphatic heterocycles. The Morgan fingerprint density at radius 3 is 2.81 bits per heavy atom. The number of fused-ring (bicyclic) bond motifs is 1. The fraction of sp³-hybridized carbons (Fsp3) is 0.176. The summed E-state index contributed by atoms with van der Waals surface area (Å²) < 4.78 is 16.3. The van der Waals surface area contributed by atoms with Gasteiger partial charge >= 0.3 is 0 Å². The number of hydrogen-bond acceptors (Lipinski definition) is 2. The maximum Gasteiger partial charge on any atom is 0.129 e. The molecular weight excluding hydrogens is 349 g/mol. The molecule has 1 heterocycles. The summed E-state index contributed by atoms with van der Waals surface area (Å²) in [4.78, 5) is 0. The van der Waals surface area contributed by atoms with Crippen molar-refractivity contribution in [2.24, 2.45) is 0 Å². The number of nitrogens with one attached hydrogen (secondary N) is 1. The Hall–Kier alpha value is -1.23. The smallest absolute Gasteiger partial charge is 0.129 e. The summed E-state index contributed by atoms with van der Waals surface area (Å²) in [5.41, 5.74) is 1.81. The fourth-order valence-corrected chi connectivity index (χ4v) is 3.85. The van der Waals surface area contributed by atoms with Crippen LogP contribution in [0.5, 0.6) is 0 Å². The molecule has 0 bridgehead atoms. The van der Waals surface area contributed by atoms with Crippen molar-refractivity contribution in [1.82, 2.24) is 5.32 Å². The molecule has 1 unspecified atom stereocenters. The first-order valence-electron chi connectivity index (χ1n) is 6.85. The Labute approximate surface area is 135 Å². The largest absolute Gasteiger partial charge is 0.306 e. The molecule has 0 fully saturated rings. The molecule has 3 aromatic rings. The van der Waals surface area contributed by atoms with E-state index < -0.39 is 0 Å². The summed E-state index contributed by atoms with van der Waals surface area (Å²) in [7, 11) is 0. The predicted molar refractivity (Wildman–Crippen MR) is 91.4 cm³/mol. The van der Waals surface area contributed by atoms with Gasteiger partial charge in [-0.3, -0.25) is 0 Å². The zero-order chi connectivity index (χ0) is 14.8. The molecule has 1 atom stereocenters. The molecule has 4 heteroatoms. The van der Waals surface area contributed by atoms with Crippen molar-refractivity contribution in [3.05, 3.63) is 69.3 Å². The third-order valence-corrected chi connectivity index (χ3v) is 4.97. The van der Waals surface area contributed by atoms with Crippen LogP contribution in [0.25, 0.3) is 10.1 Å². The van der Waals surface area contributed by atoms with E-state index in [9.17, 15) is 4.39 Å². The van der Waals surface area contributed by atoms with Crippen LogP contribution in [-0.4, -0.2) is 6.54 Å². The monoisotopic (exact) mass is 363 g/mol. The van der Waals surface area contributed by atoms with Crippen molar-refractivity contribution in [3.8, 4) is 0 Å². The van der Waals surface area contributed by atoms with E-state index in [0.29, 0.717) is 5.56 Å². The molecule has 21 heavy (non-hydrogen) atoms. The molecule has 0 saturated heterocycles. The number of thiophene rings is 1. The van der Waals surface area contributed by atoms with Crippen LogP contribution in [0, 0.1) is 5.82 Å². The summed E-state index contributed by atoms with van der Waals surface area (Å²) in [5, 5.41) is 6.69. The summed E-state index contributed by atoms with van der Waals surface area (Å²) in [6.45, 7) is 2.82. The second-order valence-corrected chi connectivity index (χ2v) is 6.67. The first kappa shape index (κ1) is 14.7. The highest BCUT2D eigenvalue weighted by Crippen LogP contribution is 2.33. The molecule has 0 radical (unpaired) electrons. The third kappa shape index (κ3) is 2.89. The van der Waals surface area contributed by atoms with Crippen molar-refractivity contribution in [2.75, 3.05) is 6.54 Å². The van der Waals surface area contributed by atoms with Gasteiger partial charge in [-0.25, -0.2) is 4.39 Å². The van der Waals surface area contributed by atoms with E-state index in [1.54, 1.807) is 11.3 Å². The van der Waals surface area contributed by atoms with Gasteiger partial charge in [0.15, 0.2) is 0 Å². The summed E-state index contributed by atoms with van der Waals surface area (Å²) in [5.74, 6) is -0.191. The van der Waals surface area contributed by atoms with Gasteiger partial charge in [-0.15, -0.1) is 11.3 Å². The molecule has 108 valence electrons. The maximum atomic E-state index is 14.4. The molecule has 1 aromatic heterocycles. The lowest BCUT2D eigenvalue weighted by Crippen LogP contribution is -2.23. The van der Waals surface area contributed by atoms with Gasteiger partial charge < -0.3 is 5.32 Å². The number of halogens is 2. The lowest BCUT2D eigenvalue weighted by Gasteiger charge is -2.20. The average Bonchev–Trinajstić information content (AvgIpc) is 2.94. The molecule has 1 nitrogen and oxygen atoms in total. The van der Waals surface area contributed by atoms with Crippen molar-refractivity contribution >= 4 is 37.4 Å². The predicted octanol–water partition coefficient (Wildman–Crippen LogP) is 5.50. The second kappa shape index (κ2) is 6.26. The van der Waals surface area contributed by atoms with Gasteiger partial charge in [0.2, 0.25) is 0 Å². The van der Waals surface area contributed by atoms with Gasteiger partial charge in [0.05, 0.1) is 6.04 Å². The second-order valence-electron chi connectivity index (χ2n) is 4.84. The third-order valence-electron chi connectivity index (χ3n) is 3.50. The van der Waals surface area contributed by atoms with E-state index in [-0.39, 0.29) is 11.9 Å². The van der Waals surface area contributed by atoms with E-state index in [1.165, 1.54) is 16.2 Å². The number of rotatable bonds is 4. The minimum Gasteiger partial charge on any atom is -0.306 e. The molecule has 0 amide bonds. The average molecular weight is 364 g/mol. The van der Waals surface area contributed by atoms with E-state index in [2.05, 4.69) is 44.8 Å². The van der Waals surface area contributed by atoms with Crippen LogP contribution in [0.4, 0.5) is 4.39 Å². The first-order valence-corrected chi connectivity index (χ1v) is 8.52. The highest BCUT2D eigenvalue weighted by Gasteiger charge is 2.19. The molecular formula is C17H15BrFNS. The highest BCUT2D eigenvalue weighted by atomic mass is 79.9.